The van der Waals surface area contributed by atoms with Crippen LogP contribution in [-0.4, -0.2) is 54.6 Å². The van der Waals surface area contributed by atoms with E-state index in [9.17, 15) is 9.59 Å². The first-order valence-electron chi connectivity index (χ1n) is 9.02. The van der Waals surface area contributed by atoms with Crippen molar-refractivity contribution in [1.82, 2.24) is 15.1 Å². The number of carbonyl (C=O) groups excluding carboxylic acids is 2. The van der Waals surface area contributed by atoms with Gasteiger partial charge in [-0.1, -0.05) is 12.1 Å². The highest BCUT2D eigenvalue weighted by molar-refractivity contribution is 5.91. The van der Waals surface area contributed by atoms with Crippen molar-refractivity contribution in [1.29, 1.82) is 0 Å². The van der Waals surface area contributed by atoms with Crippen LogP contribution in [-0.2, 0) is 0 Å². The number of carbonyl (C=O) groups is 2. The fourth-order valence-corrected chi connectivity index (χ4v) is 3.10. The van der Waals surface area contributed by atoms with Crippen LogP contribution >= 0.6 is 0 Å². The summed E-state index contributed by atoms with van der Waals surface area (Å²) in [6, 6.07) is 7.21. The molecule has 0 radical (unpaired) electrons. The average Bonchev–Trinajstić information content (AvgIpc) is 3.22. The maximum absolute atomic E-state index is 12.3. The molecule has 1 aromatic carbocycles. The number of urea groups is 1. The maximum atomic E-state index is 12.3. The third-order valence-corrected chi connectivity index (χ3v) is 4.90. The highest BCUT2D eigenvalue weighted by Gasteiger charge is 2.26. The molecule has 0 unspecified atom stereocenters. The fourth-order valence-electron chi connectivity index (χ4n) is 3.10. The van der Waals surface area contributed by atoms with Gasteiger partial charge in [0.2, 0.25) is 0 Å². The number of nitrogens with zero attached hydrogens (tertiary/aromatic N) is 2. The number of hydrogen-bond acceptors (Lipinski definition) is 4. The predicted molar refractivity (Wildman–Crippen MR) is 101 cm³/mol. The molecule has 0 bridgehead atoms. The lowest BCUT2D eigenvalue weighted by Gasteiger charge is -2.34. The number of nitrogens with one attached hydrogen (secondary N) is 1. The molecule has 144 valence electrons. The molecule has 2 heterocycles. The molecule has 1 fully saturated rings. The molecule has 0 spiro atoms. The van der Waals surface area contributed by atoms with E-state index in [4.69, 9.17) is 9.15 Å². The number of piperazine rings is 1. The minimum Gasteiger partial charge on any atom is -0.473 e. The Morgan fingerprint density at radius 1 is 1.04 bits per heavy atom. The summed E-state index contributed by atoms with van der Waals surface area (Å²) < 4.78 is 10.9. The molecule has 0 atom stereocenters. The van der Waals surface area contributed by atoms with Gasteiger partial charge in [-0.3, -0.25) is 4.79 Å². The van der Waals surface area contributed by atoms with Gasteiger partial charge in [-0.2, -0.15) is 0 Å². The van der Waals surface area contributed by atoms with Crippen molar-refractivity contribution < 1.29 is 18.7 Å². The molecule has 1 saturated heterocycles. The zero-order chi connectivity index (χ0) is 19.4. The van der Waals surface area contributed by atoms with Gasteiger partial charge in [-0.15, -0.1) is 0 Å². The normalized spacial score (nSPS) is 14.2. The molecule has 2 aromatic rings. The summed E-state index contributed by atoms with van der Waals surface area (Å²) in [4.78, 5) is 28.0. The van der Waals surface area contributed by atoms with Gasteiger partial charge in [0.25, 0.3) is 5.91 Å². The van der Waals surface area contributed by atoms with Crippen LogP contribution < -0.4 is 10.1 Å². The lowest BCUT2D eigenvalue weighted by atomic mass is 10.1. The van der Waals surface area contributed by atoms with Gasteiger partial charge in [-0.05, 0) is 49.6 Å². The Morgan fingerprint density at radius 2 is 1.70 bits per heavy atom. The SMILES string of the molecule is Cc1ccc(C)c(OCNC(=O)N2CCN(C(=O)c3ccco3)CC2)c1C. The maximum Gasteiger partial charge on any atom is 0.320 e. The number of furan rings is 1. The van der Waals surface area contributed by atoms with E-state index in [-0.39, 0.29) is 18.7 Å². The van der Waals surface area contributed by atoms with Crippen LogP contribution in [0.15, 0.2) is 34.9 Å². The predicted octanol–water partition coefficient (Wildman–Crippen LogP) is 2.71. The van der Waals surface area contributed by atoms with Crippen molar-refractivity contribution in [3.8, 4) is 5.75 Å². The minimum absolute atomic E-state index is 0.107. The van der Waals surface area contributed by atoms with Gasteiger partial charge in [-0.25, -0.2) is 4.79 Å². The molecular weight excluding hydrogens is 346 g/mol. The van der Waals surface area contributed by atoms with Gasteiger partial charge in [0.15, 0.2) is 12.5 Å². The average molecular weight is 371 g/mol. The topological polar surface area (TPSA) is 75.0 Å². The van der Waals surface area contributed by atoms with Crippen LogP contribution in [0.25, 0.3) is 0 Å². The Hall–Kier alpha value is -2.96. The van der Waals surface area contributed by atoms with E-state index in [0.717, 1.165) is 22.4 Å². The van der Waals surface area contributed by atoms with Crippen molar-refractivity contribution >= 4 is 11.9 Å². The molecule has 0 saturated carbocycles. The first-order valence-corrected chi connectivity index (χ1v) is 9.02. The third kappa shape index (κ3) is 4.24. The second kappa shape index (κ2) is 8.16. The summed E-state index contributed by atoms with van der Waals surface area (Å²) in [7, 11) is 0. The van der Waals surface area contributed by atoms with Crippen molar-refractivity contribution in [2.45, 2.75) is 20.8 Å². The largest absolute Gasteiger partial charge is 0.473 e. The Bertz CT molecular complexity index is 809. The molecule has 3 rings (SSSR count). The van der Waals surface area contributed by atoms with E-state index in [1.807, 2.05) is 26.8 Å². The standard InChI is InChI=1S/C20H25N3O4/c1-14-6-7-15(2)18(16(14)3)27-13-21-20(25)23-10-8-22(9-11-23)19(24)17-5-4-12-26-17/h4-7,12H,8-11,13H2,1-3H3,(H,21,25). The summed E-state index contributed by atoms with van der Waals surface area (Å²) in [6.07, 6.45) is 1.48. The first kappa shape index (κ1) is 18.8. The molecule has 1 N–H and O–H groups in total. The Labute approximate surface area is 158 Å². The van der Waals surface area contributed by atoms with E-state index >= 15 is 0 Å². The van der Waals surface area contributed by atoms with Crippen molar-refractivity contribution in [2.75, 3.05) is 32.9 Å². The molecule has 27 heavy (non-hydrogen) atoms. The molecule has 1 aromatic heterocycles. The number of aryl methyl sites for hydroxylation is 2. The molecular formula is C20H25N3O4. The highest BCUT2D eigenvalue weighted by atomic mass is 16.5. The monoisotopic (exact) mass is 371 g/mol. The van der Waals surface area contributed by atoms with E-state index in [2.05, 4.69) is 11.4 Å². The lowest BCUT2D eigenvalue weighted by molar-refractivity contribution is 0.0631. The van der Waals surface area contributed by atoms with E-state index < -0.39 is 0 Å². The number of hydrogen-bond donors (Lipinski definition) is 1. The Morgan fingerprint density at radius 3 is 2.37 bits per heavy atom. The van der Waals surface area contributed by atoms with E-state index in [0.29, 0.717) is 31.9 Å². The number of rotatable bonds is 4. The molecule has 7 nitrogen and oxygen atoms in total. The van der Waals surface area contributed by atoms with Gasteiger partial charge >= 0.3 is 6.03 Å². The summed E-state index contributed by atoms with van der Waals surface area (Å²) >= 11 is 0. The highest BCUT2D eigenvalue weighted by Crippen LogP contribution is 2.25. The van der Waals surface area contributed by atoms with Crippen LogP contribution in [0.1, 0.15) is 27.2 Å². The summed E-state index contributed by atoms with van der Waals surface area (Å²) in [5.41, 5.74) is 3.27. The van der Waals surface area contributed by atoms with Crippen LogP contribution in [0.3, 0.4) is 0 Å². The third-order valence-electron chi connectivity index (χ3n) is 4.90. The van der Waals surface area contributed by atoms with Crippen LogP contribution in [0.2, 0.25) is 0 Å². The molecule has 0 aliphatic carbocycles. The molecule has 1 aliphatic heterocycles. The second-order valence-electron chi connectivity index (χ2n) is 6.68. The van der Waals surface area contributed by atoms with Gasteiger partial charge in [0.1, 0.15) is 5.75 Å². The summed E-state index contributed by atoms with van der Waals surface area (Å²) in [6.45, 7) is 8.03. The van der Waals surface area contributed by atoms with E-state index in [1.165, 1.54) is 6.26 Å². The summed E-state index contributed by atoms with van der Waals surface area (Å²) in [5.74, 6) is 0.989. The van der Waals surface area contributed by atoms with Crippen LogP contribution in [0, 0.1) is 20.8 Å². The van der Waals surface area contributed by atoms with Crippen molar-refractivity contribution in [2.24, 2.45) is 0 Å². The van der Waals surface area contributed by atoms with Gasteiger partial charge < -0.3 is 24.3 Å². The Kier molecular flexibility index (Phi) is 5.69. The minimum atomic E-state index is -0.192. The molecule has 3 amide bonds. The Balaban J connectivity index is 1.46. The molecule has 1 aliphatic rings. The zero-order valence-corrected chi connectivity index (χ0v) is 15.9. The summed E-state index contributed by atoms with van der Waals surface area (Å²) in [5, 5.41) is 2.79. The van der Waals surface area contributed by atoms with Crippen molar-refractivity contribution in [3.63, 3.8) is 0 Å². The molecule has 7 heteroatoms. The van der Waals surface area contributed by atoms with Crippen molar-refractivity contribution in [3.05, 3.63) is 53.0 Å². The number of amides is 3. The van der Waals surface area contributed by atoms with E-state index in [1.54, 1.807) is 21.9 Å². The second-order valence-corrected chi connectivity index (χ2v) is 6.68. The van der Waals surface area contributed by atoms with Crippen LogP contribution in [0.5, 0.6) is 5.75 Å². The quantitative estimate of drug-likeness (QED) is 0.839. The van der Waals surface area contributed by atoms with Gasteiger partial charge in [0, 0.05) is 26.2 Å². The first-order chi connectivity index (χ1) is 13.0. The smallest absolute Gasteiger partial charge is 0.320 e. The zero-order valence-electron chi connectivity index (χ0n) is 15.9. The van der Waals surface area contributed by atoms with Crippen LogP contribution in [0.4, 0.5) is 4.79 Å². The fraction of sp³-hybridized carbons (Fsp3) is 0.400. The number of benzene rings is 1. The van der Waals surface area contributed by atoms with Gasteiger partial charge in [0.05, 0.1) is 6.26 Å². The lowest BCUT2D eigenvalue weighted by Crippen LogP contribution is -2.53. The number of ether oxygens (including phenoxy) is 1.